The van der Waals surface area contributed by atoms with E-state index in [4.69, 9.17) is 5.73 Å². The van der Waals surface area contributed by atoms with E-state index in [9.17, 15) is 4.79 Å². The molecule has 0 saturated heterocycles. The maximum Gasteiger partial charge on any atom is 0.227 e. The molecule has 102 valence electrons. The molecule has 0 radical (unpaired) electrons. The van der Waals surface area contributed by atoms with Crippen molar-refractivity contribution in [2.45, 2.75) is 33.6 Å². The largest absolute Gasteiger partial charge is 0.326 e. The Morgan fingerprint density at radius 1 is 1.47 bits per heavy atom. The van der Waals surface area contributed by atoms with Crippen LogP contribution in [0.5, 0.6) is 0 Å². The van der Waals surface area contributed by atoms with Crippen molar-refractivity contribution in [3.05, 3.63) is 29.3 Å². The zero-order valence-electron chi connectivity index (χ0n) is 11.9. The molecule has 1 aromatic rings. The summed E-state index contributed by atoms with van der Waals surface area (Å²) in [6.45, 7) is 6.36. The fraction of sp³-hybridized carbons (Fsp3) is 0.438. The fourth-order valence-corrected chi connectivity index (χ4v) is 1.86. The number of carbonyl (C=O) groups is 1. The molecule has 3 nitrogen and oxygen atoms in total. The maximum atomic E-state index is 11.9. The van der Waals surface area contributed by atoms with E-state index in [0.717, 1.165) is 29.7 Å². The second-order valence-electron chi connectivity index (χ2n) is 4.71. The van der Waals surface area contributed by atoms with Gasteiger partial charge in [-0.1, -0.05) is 32.1 Å². The predicted molar refractivity (Wildman–Crippen MR) is 79.8 cm³/mol. The quantitative estimate of drug-likeness (QED) is 0.816. The lowest BCUT2D eigenvalue weighted by Gasteiger charge is -2.12. The zero-order valence-corrected chi connectivity index (χ0v) is 11.9. The Morgan fingerprint density at radius 2 is 2.21 bits per heavy atom. The van der Waals surface area contributed by atoms with Gasteiger partial charge in [-0.15, -0.1) is 0 Å². The van der Waals surface area contributed by atoms with Crippen molar-refractivity contribution in [3.63, 3.8) is 0 Å². The number of hydrogen-bond acceptors (Lipinski definition) is 2. The van der Waals surface area contributed by atoms with Gasteiger partial charge < -0.3 is 11.1 Å². The van der Waals surface area contributed by atoms with Crippen LogP contribution in [-0.2, 0) is 4.79 Å². The summed E-state index contributed by atoms with van der Waals surface area (Å²) >= 11 is 0. The molecule has 19 heavy (non-hydrogen) atoms. The molecule has 1 unspecified atom stereocenters. The lowest BCUT2D eigenvalue weighted by Crippen LogP contribution is -2.20. The lowest BCUT2D eigenvalue weighted by molar-refractivity contribution is -0.119. The van der Waals surface area contributed by atoms with Gasteiger partial charge in [-0.2, -0.15) is 0 Å². The number of hydrogen-bond donors (Lipinski definition) is 2. The average molecular weight is 258 g/mol. The summed E-state index contributed by atoms with van der Waals surface area (Å²) in [5.74, 6) is 5.95. The molecule has 0 spiro atoms. The average Bonchev–Trinajstić information content (AvgIpc) is 2.38. The van der Waals surface area contributed by atoms with Crippen LogP contribution in [0.25, 0.3) is 0 Å². The molecule has 0 aromatic heterocycles. The number of anilines is 1. The molecule has 0 fully saturated rings. The fourth-order valence-electron chi connectivity index (χ4n) is 1.86. The van der Waals surface area contributed by atoms with E-state index in [1.165, 1.54) is 0 Å². The molecular weight excluding hydrogens is 236 g/mol. The van der Waals surface area contributed by atoms with Crippen molar-refractivity contribution < 1.29 is 4.79 Å². The number of nitrogens with two attached hydrogens (primary N) is 1. The van der Waals surface area contributed by atoms with Gasteiger partial charge in [-0.05, 0) is 37.1 Å². The predicted octanol–water partition coefficient (Wildman–Crippen LogP) is 2.68. The standard InChI is InChI=1S/C16H22N2O/c1-4-6-12(2)16(19)18-15-9-8-14(7-5-10-17)13(3)11-15/h8-9,11-12H,4,6,10,17H2,1-3H3,(H,18,19). The highest BCUT2D eigenvalue weighted by Crippen LogP contribution is 2.16. The number of amides is 1. The highest BCUT2D eigenvalue weighted by molar-refractivity contribution is 5.92. The molecule has 1 atom stereocenters. The maximum absolute atomic E-state index is 11.9. The Labute approximate surface area is 115 Å². The highest BCUT2D eigenvalue weighted by Gasteiger charge is 2.11. The minimum absolute atomic E-state index is 0.0435. The van der Waals surface area contributed by atoms with Crippen LogP contribution in [0.4, 0.5) is 5.69 Å². The Kier molecular flexibility index (Phi) is 6.11. The normalized spacial score (nSPS) is 11.4. The van der Waals surface area contributed by atoms with Crippen LogP contribution < -0.4 is 11.1 Å². The van der Waals surface area contributed by atoms with Crippen molar-refractivity contribution in [2.24, 2.45) is 11.7 Å². The second-order valence-corrected chi connectivity index (χ2v) is 4.71. The third-order valence-corrected chi connectivity index (χ3v) is 2.99. The SMILES string of the molecule is CCCC(C)C(=O)Nc1ccc(C#CCN)c(C)c1. The molecule has 0 heterocycles. The van der Waals surface area contributed by atoms with E-state index in [2.05, 4.69) is 24.1 Å². The first kappa shape index (κ1) is 15.3. The van der Waals surface area contributed by atoms with Crippen LogP contribution in [0.3, 0.4) is 0 Å². The molecular formula is C16H22N2O. The molecule has 0 saturated carbocycles. The molecule has 3 N–H and O–H groups in total. The van der Waals surface area contributed by atoms with Gasteiger partial charge in [0, 0.05) is 17.2 Å². The molecule has 0 aliphatic heterocycles. The van der Waals surface area contributed by atoms with Gasteiger partial charge >= 0.3 is 0 Å². The first-order chi connectivity index (χ1) is 9.08. The van der Waals surface area contributed by atoms with Crippen molar-refractivity contribution in [2.75, 3.05) is 11.9 Å². The summed E-state index contributed by atoms with van der Waals surface area (Å²) in [6.07, 6.45) is 1.92. The first-order valence-electron chi connectivity index (χ1n) is 6.69. The third-order valence-electron chi connectivity index (χ3n) is 2.99. The lowest BCUT2D eigenvalue weighted by atomic mass is 10.0. The molecule has 3 heteroatoms. The number of rotatable bonds is 4. The van der Waals surface area contributed by atoms with Gasteiger partial charge in [0.05, 0.1) is 6.54 Å². The van der Waals surface area contributed by atoms with E-state index in [0.29, 0.717) is 6.54 Å². The molecule has 1 aromatic carbocycles. The minimum atomic E-state index is 0.0435. The van der Waals surface area contributed by atoms with Gasteiger partial charge in [0.25, 0.3) is 0 Å². The zero-order chi connectivity index (χ0) is 14.3. The number of nitrogens with one attached hydrogen (secondary N) is 1. The minimum Gasteiger partial charge on any atom is -0.326 e. The van der Waals surface area contributed by atoms with Crippen LogP contribution >= 0.6 is 0 Å². The van der Waals surface area contributed by atoms with Crippen molar-refractivity contribution in [3.8, 4) is 11.8 Å². The van der Waals surface area contributed by atoms with Crippen LogP contribution in [0.1, 0.15) is 37.8 Å². The highest BCUT2D eigenvalue weighted by atomic mass is 16.1. The molecule has 0 aliphatic carbocycles. The molecule has 0 bridgehead atoms. The summed E-state index contributed by atoms with van der Waals surface area (Å²) in [7, 11) is 0. The summed E-state index contributed by atoms with van der Waals surface area (Å²) < 4.78 is 0. The van der Waals surface area contributed by atoms with Crippen LogP contribution in [0.15, 0.2) is 18.2 Å². The summed E-state index contributed by atoms with van der Waals surface area (Å²) in [5.41, 5.74) is 8.17. The van der Waals surface area contributed by atoms with Gasteiger partial charge in [-0.25, -0.2) is 0 Å². The van der Waals surface area contributed by atoms with E-state index in [1.54, 1.807) is 0 Å². The van der Waals surface area contributed by atoms with Crippen molar-refractivity contribution in [1.82, 2.24) is 0 Å². The van der Waals surface area contributed by atoms with Gasteiger partial charge in [0.2, 0.25) is 5.91 Å². The van der Waals surface area contributed by atoms with Crippen molar-refractivity contribution in [1.29, 1.82) is 0 Å². The number of aryl methyl sites for hydroxylation is 1. The van der Waals surface area contributed by atoms with Crippen LogP contribution in [0, 0.1) is 24.7 Å². The Hall–Kier alpha value is -1.79. The number of carbonyl (C=O) groups excluding carboxylic acids is 1. The smallest absolute Gasteiger partial charge is 0.227 e. The van der Waals surface area contributed by atoms with Crippen molar-refractivity contribution >= 4 is 11.6 Å². The van der Waals surface area contributed by atoms with Gasteiger partial charge in [-0.3, -0.25) is 4.79 Å². The second kappa shape index (κ2) is 7.60. The molecule has 1 amide bonds. The van der Waals surface area contributed by atoms with Crippen LogP contribution in [0.2, 0.25) is 0 Å². The summed E-state index contributed by atoms with van der Waals surface area (Å²) in [4.78, 5) is 11.9. The topological polar surface area (TPSA) is 55.1 Å². The molecule has 1 rings (SSSR count). The third kappa shape index (κ3) is 4.76. The Bertz CT molecular complexity index is 497. The Balaban J connectivity index is 2.76. The van der Waals surface area contributed by atoms with E-state index in [-0.39, 0.29) is 11.8 Å². The Morgan fingerprint density at radius 3 is 2.79 bits per heavy atom. The number of benzene rings is 1. The van der Waals surface area contributed by atoms with Crippen LogP contribution in [-0.4, -0.2) is 12.5 Å². The van der Waals surface area contributed by atoms with E-state index in [1.807, 2.05) is 32.0 Å². The first-order valence-corrected chi connectivity index (χ1v) is 6.69. The summed E-state index contributed by atoms with van der Waals surface area (Å²) in [5, 5.41) is 2.94. The van der Waals surface area contributed by atoms with Gasteiger partial charge in [0.1, 0.15) is 0 Å². The van der Waals surface area contributed by atoms with Gasteiger partial charge in [0.15, 0.2) is 0 Å². The monoisotopic (exact) mass is 258 g/mol. The summed E-state index contributed by atoms with van der Waals surface area (Å²) in [6, 6.07) is 5.74. The van der Waals surface area contributed by atoms with E-state index < -0.39 is 0 Å². The molecule has 0 aliphatic rings. The van der Waals surface area contributed by atoms with E-state index >= 15 is 0 Å².